The van der Waals surface area contributed by atoms with E-state index in [0.717, 1.165) is 24.8 Å². The highest BCUT2D eigenvalue weighted by molar-refractivity contribution is 5.13. The molecule has 0 aromatic heterocycles. The second-order valence-corrected chi connectivity index (χ2v) is 4.17. The van der Waals surface area contributed by atoms with Crippen molar-refractivity contribution < 1.29 is 9.94 Å². The maximum Gasteiger partial charge on any atom is 0.0933 e. The van der Waals surface area contributed by atoms with Crippen LogP contribution in [0.2, 0.25) is 0 Å². The van der Waals surface area contributed by atoms with Crippen LogP contribution in [0.3, 0.4) is 0 Å². The zero-order valence-corrected chi connectivity index (χ0v) is 8.78. The molecule has 2 rings (SSSR count). The van der Waals surface area contributed by atoms with Crippen molar-refractivity contribution in [1.82, 2.24) is 5.48 Å². The van der Waals surface area contributed by atoms with Crippen molar-refractivity contribution in [3.63, 3.8) is 0 Å². The van der Waals surface area contributed by atoms with E-state index >= 15 is 0 Å². The van der Waals surface area contributed by atoms with Gasteiger partial charge in [-0.1, -0.05) is 30.3 Å². The number of hydrogen-bond acceptors (Lipinski definition) is 3. The van der Waals surface area contributed by atoms with Crippen LogP contribution in [-0.4, -0.2) is 17.3 Å². The molecule has 0 saturated heterocycles. The normalized spacial score (nSPS) is 18.5. The molecule has 1 aliphatic rings. The molecule has 3 nitrogen and oxygen atoms in total. The average molecular weight is 207 g/mol. The van der Waals surface area contributed by atoms with Gasteiger partial charge >= 0.3 is 0 Å². The van der Waals surface area contributed by atoms with Crippen LogP contribution in [-0.2, 0) is 11.4 Å². The molecule has 0 bridgehead atoms. The van der Waals surface area contributed by atoms with Crippen LogP contribution < -0.4 is 5.48 Å². The fourth-order valence-corrected chi connectivity index (χ4v) is 1.66. The molecule has 0 amide bonds. The molecule has 15 heavy (non-hydrogen) atoms. The molecule has 1 saturated carbocycles. The predicted molar refractivity (Wildman–Crippen MR) is 58.0 cm³/mol. The average Bonchev–Trinajstić information content (AvgIpc) is 2.23. The topological polar surface area (TPSA) is 41.5 Å². The highest BCUT2D eigenvalue weighted by Gasteiger charge is 2.33. The van der Waals surface area contributed by atoms with Crippen LogP contribution in [0.4, 0.5) is 0 Å². The number of hydroxylamine groups is 1. The smallest absolute Gasteiger partial charge is 0.0933 e. The van der Waals surface area contributed by atoms with Gasteiger partial charge in [0.2, 0.25) is 0 Å². The van der Waals surface area contributed by atoms with Crippen LogP contribution in [0.15, 0.2) is 30.3 Å². The van der Waals surface area contributed by atoms with Crippen molar-refractivity contribution in [2.75, 3.05) is 6.54 Å². The monoisotopic (exact) mass is 207 g/mol. The zero-order chi connectivity index (χ0) is 10.6. The summed E-state index contributed by atoms with van der Waals surface area (Å²) in [6, 6.07) is 9.98. The van der Waals surface area contributed by atoms with E-state index in [0.29, 0.717) is 13.2 Å². The van der Waals surface area contributed by atoms with E-state index < -0.39 is 5.60 Å². The summed E-state index contributed by atoms with van der Waals surface area (Å²) in [5.74, 6) is 0. The van der Waals surface area contributed by atoms with Gasteiger partial charge in [-0.15, -0.1) is 0 Å². The van der Waals surface area contributed by atoms with Crippen molar-refractivity contribution in [2.24, 2.45) is 0 Å². The Morgan fingerprint density at radius 3 is 2.60 bits per heavy atom. The van der Waals surface area contributed by atoms with Gasteiger partial charge in [-0.05, 0) is 24.8 Å². The summed E-state index contributed by atoms with van der Waals surface area (Å²) in [6.45, 7) is 1.07. The largest absolute Gasteiger partial charge is 0.388 e. The molecule has 0 unspecified atom stereocenters. The Balaban J connectivity index is 1.63. The lowest BCUT2D eigenvalue weighted by Crippen LogP contribution is -2.46. The van der Waals surface area contributed by atoms with Crippen LogP contribution in [0.25, 0.3) is 0 Å². The van der Waals surface area contributed by atoms with Gasteiger partial charge in [0.15, 0.2) is 0 Å². The Kier molecular flexibility index (Phi) is 3.36. The van der Waals surface area contributed by atoms with E-state index in [4.69, 9.17) is 4.84 Å². The summed E-state index contributed by atoms with van der Waals surface area (Å²) in [4.78, 5) is 5.28. The summed E-state index contributed by atoms with van der Waals surface area (Å²) in [6.07, 6.45) is 2.89. The van der Waals surface area contributed by atoms with Crippen LogP contribution in [0, 0.1) is 0 Å². The Morgan fingerprint density at radius 1 is 1.27 bits per heavy atom. The first-order chi connectivity index (χ1) is 7.29. The van der Waals surface area contributed by atoms with Crippen molar-refractivity contribution >= 4 is 0 Å². The van der Waals surface area contributed by atoms with Gasteiger partial charge in [-0.25, -0.2) is 0 Å². The molecule has 1 aliphatic carbocycles. The third-order valence-electron chi connectivity index (χ3n) is 2.87. The van der Waals surface area contributed by atoms with Gasteiger partial charge in [0, 0.05) is 6.54 Å². The van der Waals surface area contributed by atoms with Gasteiger partial charge in [0.25, 0.3) is 0 Å². The second kappa shape index (κ2) is 4.75. The summed E-state index contributed by atoms with van der Waals surface area (Å²) >= 11 is 0. The Bertz CT molecular complexity index is 296. The highest BCUT2D eigenvalue weighted by atomic mass is 16.6. The van der Waals surface area contributed by atoms with Crippen molar-refractivity contribution in [3.8, 4) is 0 Å². The van der Waals surface area contributed by atoms with Crippen LogP contribution in [0.1, 0.15) is 24.8 Å². The SMILES string of the molecule is OC1(CNOCc2ccccc2)CCC1. The Morgan fingerprint density at radius 2 is 2.00 bits per heavy atom. The molecule has 1 fully saturated rings. The number of benzene rings is 1. The van der Waals surface area contributed by atoms with Crippen molar-refractivity contribution in [2.45, 2.75) is 31.5 Å². The Labute approximate surface area is 90.0 Å². The number of hydrogen-bond donors (Lipinski definition) is 2. The maximum atomic E-state index is 9.76. The minimum absolute atomic E-state index is 0.517. The van der Waals surface area contributed by atoms with Crippen LogP contribution in [0.5, 0.6) is 0 Å². The molecule has 82 valence electrons. The number of nitrogens with one attached hydrogen (secondary N) is 1. The van der Waals surface area contributed by atoms with Gasteiger partial charge < -0.3 is 5.11 Å². The molecule has 3 heteroatoms. The van der Waals surface area contributed by atoms with Crippen molar-refractivity contribution in [1.29, 1.82) is 0 Å². The molecule has 0 aliphatic heterocycles. The van der Waals surface area contributed by atoms with Gasteiger partial charge in [0.1, 0.15) is 0 Å². The molecular formula is C12H17NO2. The van der Waals surface area contributed by atoms with Gasteiger partial charge in [-0.2, -0.15) is 5.48 Å². The molecule has 0 radical (unpaired) electrons. The second-order valence-electron chi connectivity index (χ2n) is 4.17. The molecule has 0 spiro atoms. The lowest BCUT2D eigenvalue weighted by molar-refractivity contribution is -0.0781. The lowest BCUT2D eigenvalue weighted by Gasteiger charge is -2.36. The third-order valence-corrected chi connectivity index (χ3v) is 2.87. The summed E-state index contributed by atoms with van der Waals surface area (Å²) in [5.41, 5.74) is 3.44. The summed E-state index contributed by atoms with van der Waals surface area (Å²) < 4.78 is 0. The van der Waals surface area contributed by atoms with E-state index in [1.807, 2.05) is 30.3 Å². The van der Waals surface area contributed by atoms with E-state index in [1.54, 1.807) is 0 Å². The molecule has 0 heterocycles. The molecular weight excluding hydrogens is 190 g/mol. The zero-order valence-electron chi connectivity index (χ0n) is 8.78. The van der Waals surface area contributed by atoms with E-state index in [-0.39, 0.29) is 0 Å². The standard InChI is InChI=1S/C12H17NO2/c14-12(7-4-8-12)10-13-15-9-11-5-2-1-3-6-11/h1-3,5-6,13-14H,4,7-10H2. The van der Waals surface area contributed by atoms with Crippen LogP contribution >= 0.6 is 0 Å². The third kappa shape index (κ3) is 3.02. The molecule has 0 atom stereocenters. The van der Waals surface area contributed by atoms with Crippen molar-refractivity contribution in [3.05, 3.63) is 35.9 Å². The van der Waals surface area contributed by atoms with E-state index in [2.05, 4.69) is 5.48 Å². The molecule has 2 N–H and O–H groups in total. The minimum atomic E-state index is -0.517. The van der Waals surface area contributed by atoms with E-state index in [9.17, 15) is 5.11 Å². The van der Waals surface area contributed by atoms with Gasteiger partial charge in [-0.3, -0.25) is 4.84 Å². The fraction of sp³-hybridized carbons (Fsp3) is 0.500. The molecule has 1 aromatic rings. The minimum Gasteiger partial charge on any atom is -0.388 e. The molecule has 1 aromatic carbocycles. The van der Waals surface area contributed by atoms with E-state index in [1.165, 1.54) is 0 Å². The first-order valence-corrected chi connectivity index (χ1v) is 5.39. The maximum absolute atomic E-state index is 9.76. The first kappa shape index (κ1) is 10.6. The lowest BCUT2D eigenvalue weighted by atomic mass is 9.80. The fourth-order valence-electron chi connectivity index (χ4n) is 1.66. The predicted octanol–water partition coefficient (Wildman–Crippen LogP) is 1.62. The summed E-state index contributed by atoms with van der Waals surface area (Å²) in [5, 5.41) is 9.76. The quantitative estimate of drug-likeness (QED) is 0.569. The number of rotatable bonds is 5. The first-order valence-electron chi connectivity index (χ1n) is 5.39. The highest BCUT2D eigenvalue weighted by Crippen LogP contribution is 2.30. The van der Waals surface area contributed by atoms with Gasteiger partial charge in [0.05, 0.1) is 12.2 Å². The summed E-state index contributed by atoms with van der Waals surface area (Å²) in [7, 11) is 0. The Hall–Kier alpha value is -0.900. The number of aliphatic hydroxyl groups is 1.